The van der Waals surface area contributed by atoms with E-state index in [9.17, 15) is 9.59 Å². The van der Waals surface area contributed by atoms with E-state index in [1.54, 1.807) is 4.90 Å². The van der Waals surface area contributed by atoms with Crippen molar-refractivity contribution in [2.24, 2.45) is 0 Å². The summed E-state index contributed by atoms with van der Waals surface area (Å²) in [6.45, 7) is 4.55. The third kappa shape index (κ3) is 5.42. The van der Waals surface area contributed by atoms with Crippen molar-refractivity contribution in [3.63, 3.8) is 0 Å². The van der Waals surface area contributed by atoms with E-state index < -0.39 is 0 Å². The molecule has 0 aliphatic rings. The molecule has 2 rings (SSSR count). The second-order valence-electron chi connectivity index (χ2n) is 5.38. The highest BCUT2D eigenvalue weighted by atomic mass is 32.2. The summed E-state index contributed by atoms with van der Waals surface area (Å²) >= 11 is 1.33. The van der Waals surface area contributed by atoms with Crippen LogP contribution >= 0.6 is 11.8 Å². The molecule has 0 spiro atoms. The molecule has 0 aliphatic carbocycles. The van der Waals surface area contributed by atoms with Gasteiger partial charge in [-0.2, -0.15) is 0 Å². The third-order valence-electron chi connectivity index (χ3n) is 3.48. The SMILES string of the molecule is CCN(C(=O)CSCC(=O)Nc1ccc(C)cc1)c1ccccc1. The lowest BCUT2D eigenvalue weighted by Gasteiger charge is -2.20. The zero-order valence-electron chi connectivity index (χ0n) is 14.0. The van der Waals surface area contributed by atoms with Gasteiger partial charge in [-0.15, -0.1) is 11.8 Å². The first-order valence-electron chi connectivity index (χ1n) is 7.90. The van der Waals surface area contributed by atoms with E-state index in [1.807, 2.05) is 68.4 Å². The van der Waals surface area contributed by atoms with Crippen LogP contribution in [0.5, 0.6) is 0 Å². The summed E-state index contributed by atoms with van der Waals surface area (Å²) < 4.78 is 0. The van der Waals surface area contributed by atoms with Crippen LogP contribution in [0.1, 0.15) is 12.5 Å². The van der Waals surface area contributed by atoms with E-state index in [0.29, 0.717) is 6.54 Å². The molecule has 2 amide bonds. The molecule has 0 bridgehead atoms. The van der Waals surface area contributed by atoms with Gasteiger partial charge in [-0.05, 0) is 38.1 Å². The highest BCUT2D eigenvalue weighted by Crippen LogP contribution is 2.15. The Bertz CT molecular complexity index is 672. The topological polar surface area (TPSA) is 49.4 Å². The molecule has 0 fully saturated rings. The van der Waals surface area contributed by atoms with Crippen LogP contribution in [-0.4, -0.2) is 29.9 Å². The summed E-state index contributed by atoms with van der Waals surface area (Å²) in [6, 6.07) is 17.2. The lowest BCUT2D eigenvalue weighted by molar-refractivity contribution is -0.116. The Morgan fingerprint density at radius 3 is 2.29 bits per heavy atom. The number of rotatable bonds is 7. The molecule has 0 unspecified atom stereocenters. The summed E-state index contributed by atoms with van der Waals surface area (Å²) in [5.74, 6) is 0.451. The molecule has 0 radical (unpaired) electrons. The molecular weight excluding hydrogens is 320 g/mol. The van der Waals surface area contributed by atoms with Crippen molar-refractivity contribution >= 4 is 35.0 Å². The van der Waals surface area contributed by atoms with Gasteiger partial charge in [0.15, 0.2) is 0 Å². The van der Waals surface area contributed by atoms with E-state index in [1.165, 1.54) is 11.8 Å². The maximum Gasteiger partial charge on any atom is 0.236 e. The third-order valence-corrected chi connectivity index (χ3v) is 4.40. The molecule has 0 saturated carbocycles. The highest BCUT2D eigenvalue weighted by Gasteiger charge is 2.14. The van der Waals surface area contributed by atoms with Gasteiger partial charge in [0.05, 0.1) is 11.5 Å². The molecule has 0 aromatic heterocycles. The highest BCUT2D eigenvalue weighted by molar-refractivity contribution is 8.00. The maximum atomic E-state index is 12.3. The first-order valence-corrected chi connectivity index (χ1v) is 9.05. The number of hydrogen-bond donors (Lipinski definition) is 1. The summed E-state index contributed by atoms with van der Waals surface area (Å²) in [4.78, 5) is 26.0. The Kier molecular flexibility index (Phi) is 6.88. The second kappa shape index (κ2) is 9.13. The van der Waals surface area contributed by atoms with E-state index in [4.69, 9.17) is 0 Å². The number of carbonyl (C=O) groups is 2. The molecule has 0 atom stereocenters. The van der Waals surface area contributed by atoms with Crippen LogP contribution in [0, 0.1) is 6.92 Å². The average Bonchev–Trinajstić information content (AvgIpc) is 2.58. The lowest BCUT2D eigenvalue weighted by atomic mass is 10.2. The minimum Gasteiger partial charge on any atom is -0.325 e. The fraction of sp³-hybridized carbons (Fsp3) is 0.263. The fourth-order valence-corrected chi connectivity index (χ4v) is 2.94. The molecule has 0 heterocycles. The molecule has 2 aromatic carbocycles. The van der Waals surface area contributed by atoms with Crippen LogP contribution in [0.2, 0.25) is 0 Å². The number of nitrogens with zero attached hydrogens (tertiary/aromatic N) is 1. The molecule has 126 valence electrons. The number of anilines is 2. The van der Waals surface area contributed by atoms with E-state index in [2.05, 4.69) is 5.32 Å². The van der Waals surface area contributed by atoms with Gasteiger partial charge >= 0.3 is 0 Å². The van der Waals surface area contributed by atoms with Crippen LogP contribution in [0.15, 0.2) is 54.6 Å². The monoisotopic (exact) mass is 342 g/mol. The van der Waals surface area contributed by atoms with E-state index in [-0.39, 0.29) is 23.3 Å². The van der Waals surface area contributed by atoms with Gasteiger partial charge in [0.1, 0.15) is 0 Å². The second-order valence-corrected chi connectivity index (χ2v) is 6.37. The van der Waals surface area contributed by atoms with Crippen LogP contribution in [0.4, 0.5) is 11.4 Å². The molecule has 24 heavy (non-hydrogen) atoms. The Labute approximate surface area is 147 Å². The molecule has 1 N–H and O–H groups in total. The van der Waals surface area contributed by atoms with E-state index >= 15 is 0 Å². The maximum absolute atomic E-state index is 12.3. The Morgan fingerprint density at radius 1 is 1.00 bits per heavy atom. The zero-order chi connectivity index (χ0) is 17.4. The van der Waals surface area contributed by atoms with Crippen molar-refractivity contribution in [2.75, 3.05) is 28.3 Å². The van der Waals surface area contributed by atoms with Crippen molar-refractivity contribution in [1.29, 1.82) is 0 Å². The predicted molar refractivity (Wildman–Crippen MR) is 102 cm³/mol. The minimum atomic E-state index is -0.0978. The van der Waals surface area contributed by atoms with Crippen LogP contribution in [0.25, 0.3) is 0 Å². The number of hydrogen-bond acceptors (Lipinski definition) is 3. The van der Waals surface area contributed by atoms with Gasteiger partial charge in [-0.1, -0.05) is 35.9 Å². The van der Waals surface area contributed by atoms with Gasteiger partial charge in [-0.25, -0.2) is 0 Å². The first-order chi connectivity index (χ1) is 11.6. The number of nitrogens with one attached hydrogen (secondary N) is 1. The number of aryl methyl sites for hydroxylation is 1. The first kappa shape index (κ1) is 18.1. The Hall–Kier alpha value is -2.27. The standard InChI is InChI=1S/C19H22N2O2S/c1-3-21(17-7-5-4-6-8-17)19(23)14-24-13-18(22)20-16-11-9-15(2)10-12-16/h4-12H,3,13-14H2,1-2H3,(H,20,22). The minimum absolute atomic E-state index is 0.0110. The smallest absolute Gasteiger partial charge is 0.236 e. The van der Waals surface area contributed by atoms with Crippen molar-refractivity contribution in [2.45, 2.75) is 13.8 Å². The average molecular weight is 342 g/mol. The van der Waals surface area contributed by atoms with Crippen LogP contribution < -0.4 is 10.2 Å². The van der Waals surface area contributed by atoms with Crippen molar-refractivity contribution < 1.29 is 9.59 Å². The summed E-state index contributed by atoms with van der Waals surface area (Å²) in [7, 11) is 0. The predicted octanol–water partition coefficient (Wildman–Crippen LogP) is 3.72. The van der Waals surface area contributed by atoms with Crippen LogP contribution in [0.3, 0.4) is 0 Å². The molecule has 0 aliphatic heterocycles. The molecule has 4 nitrogen and oxygen atoms in total. The van der Waals surface area contributed by atoms with Crippen LogP contribution in [-0.2, 0) is 9.59 Å². The molecule has 0 saturated heterocycles. The Morgan fingerprint density at radius 2 is 1.67 bits per heavy atom. The largest absolute Gasteiger partial charge is 0.325 e. The summed E-state index contributed by atoms with van der Waals surface area (Å²) in [5.41, 5.74) is 2.81. The van der Waals surface area contributed by atoms with E-state index in [0.717, 1.165) is 16.9 Å². The van der Waals surface area contributed by atoms with Crippen molar-refractivity contribution in [3.05, 3.63) is 60.2 Å². The molecular formula is C19H22N2O2S. The zero-order valence-corrected chi connectivity index (χ0v) is 14.8. The van der Waals surface area contributed by atoms with Gasteiger partial charge in [0.2, 0.25) is 11.8 Å². The van der Waals surface area contributed by atoms with Gasteiger partial charge in [-0.3, -0.25) is 9.59 Å². The van der Waals surface area contributed by atoms with Crippen molar-refractivity contribution in [1.82, 2.24) is 0 Å². The normalized spacial score (nSPS) is 10.2. The number of thioether (sulfide) groups is 1. The fourth-order valence-electron chi connectivity index (χ4n) is 2.25. The summed E-state index contributed by atoms with van der Waals surface area (Å²) in [6.07, 6.45) is 0. The number of benzene rings is 2. The lowest BCUT2D eigenvalue weighted by Crippen LogP contribution is -2.32. The molecule has 5 heteroatoms. The van der Waals surface area contributed by atoms with Gasteiger partial charge in [0.25, 0.3) is 0 Å². The van der Waals surface area contributed by atoms with Crippen molar-refractivity contribution in [3.8, 4) is 0 Å². The Balaban J connectivity index is 1.79. The van der Waals surface area contributed by atoms with Gasteiger partial charge in [0, 0.05) is 17.9 Å². The molecule has 2 aromatic rings. The quantitative estimate of drug-likeness (QED) is 0.834. The summed E-state index contributed by atoms with van der Waals surface area (Å²) in [5, 5.41) is 2.83. The number of amides is 2. The van der Waals surface area contributed by atoms with Gasteiger partial charge < -0.3 is 10.2 Å². The number of carbonyl (C=O) groups excluding carboxylic acids is 2. The number of para-hydroxylation sites is 1.